The fourth-order valence-electron chi connectivity index (χ4n) is 1.60. The van der Waals surface area contributed by atoms with E-state index in [0.29, 0.717) is 24.4 Å². The molecule has 2 nitrogen and oxygen atoms in total. The standard InChI is InChI=1S/C9H18O2/c1-6(2)8-5-11-4-7(3)9(8)10/h6-10H,4-5H2,1-3H3. The van der Waals surface area contributed by atoms with Crippen LogP contribution in [0, 0.1) is 17.8 Å². The van der Waals surface area contributed by atoms with Gasteiger partial charge in [-0.05, 0) is 5.92 Å². The summed E-state index contributed by atoms with van der Waals surface area (Å²) in [6.07, 6.45) is -0.163. The molecule has 1 saturated heterocycles. The van der Waals surface area contributed by atoms with Gasteiger partial charge in [0.15, 0.2) is 0 Å². The molecule has 3 unspecified atom stereocenters. The first-order valence-electron chi connectivity index (χ1n) is 4.38. The Morgan fingerprint density at radius 2 is 2.00 bits per heavy atom. The minimum absolute atomic E-state index is 0.163. The molecule has 1 aliphatic rings. The Labute approximate surface area is 68.6 Å². The van der Waals surface area contributed by atoms with Crippen molar-refractivity contribution in [1.82, 2.24) is 0 Å². The summed E-state index contributed by atoms with van der Waals surface area (Å²) in [5.74, 6) is 1.16. The summed E-state index contributed by atoms with van der Waals surface area (Å²) < 4.78 is 5.37. The van der Waals surface area contributed by atoms with Crippen molar-refractivity contribution in [2.24, 2.45) is 17.8 Å². The topological polar surface area (TPSA) is 29.5 Å². The van der Waals surface area contributed by atoms with Crippen molar-refractivity contribution in [2.45, 2.75) is 26.9 Å². The van der Waals surface area contributed by atoms with Gasteiger partial charge in [0.05, 0.1) is 19.3 Å². The molecule has 0 aromatic carbocycles. The lowest BCUT2D eigenvalue weighted by Gasteiger charge is -2.35. The van der Waals surface area contributed by atoms with Crippen molar-refractivity contribution in [3.05, 3.63) is 0 Å². The van der Waals surface area contributed by atoms with Gasteiger partial charge in [-0.1, -0.05) is 20.8 Å². The normalized spacial score (nSPS) is 39.5. The Bertz CT molecular complexity index is 123. The highest BCUT2D eigenvalue weighted by atomic mass is 16.5. The molecule has 0 aromatic rings. The monoisotopic (exact) mass is 158 g/mol. The van der Waals surface area contributed by atoms with Gasteiger partial charge in [-0.3, -0.25) is 0 Å². The largest absolute Gasteiger partial charge is 0.392 e. The maximum atomic E-state index is 9.73. The zero-order valence-electron chi connectivity index (χ0n) is 7.58. The SMILES string of the molecule is CC(C)C1COCC(C)C1O. The number of ether oxygens (including phenoxy) is 1. The Hall–Kier alpha value is -0.0800. The molecule has 1 rings (SSSR count). The molecule has 0 aliphatic carbocycles. The van der Waals surface area contributed by atoms with E-state index >= 15 is 0 Å². The minimum Gasteiger partial charge on any atom is -0.392 e. The van der Waals surface area contributed by atoms with E-state index in [1.54, 1.807) is 0 Å². The molecule has 2 heteroatoms. The van der Waals surface area contributed by atoms with Crippen LogP contribution in [0.3, 0.4) is 0 Å². The van der Waals surface area contributed by atoms with Gasteiger partial charge in [0, 0.05) is 11.8 Å². The van der Waals surface area contributed by atoms with Crippen LogP contribution in [0.1, 0.15) is 20.8 Å². The summed E-state index contributed by atoms with van der Waals surface area (Å²) in [4.78, 5) is 0. The van der Waals surface area contributed by atoms with E-state index < -0.39 is 0 Å². The van der Waals surface area contributed by atoms with Crippen LogP contribution >= 0.6 is 0 Å². The number of aliphatic hydroxyl groups excluding tert-OH is 1. The van der Waals surface area contributed by atoms with Crippen LogP contribution in [0.4, 0.5) is 0 Å². The molecule has 1 heterocycles. The summed E-state index contributed by atoms with van der Waals surface area (Å²) in [5, 5.41) is 9.73. The zero-order valence-corrected chi connectivity index (χ0v) is 7.58. The second-order valence-corrected chi connectivity index (χ2v) is 3.91. The van der Waals surface area contributed by atoms with E-state index in [0.717, 1.165) is 6.61 Å². The zero-order chi connectivity index (χ0) is 8.43. The van der Waals surface area contributed by atoms with Crippen molar-refractivity contribution in [1.29, 1.82) is 0 Å². The van der Waals surface area contributed by atoms with Crippen molar-refractivity contribution in [3.63, 3.8) is 0 Å². The predicted molar refractivity (Wildman–Crippen MR) is 44.3 cm³/mol. The van der Waals surface area contributed by atoms with Gasteiger partial charge in [-0.2, -0.15) is 0 Å². The summed E-state index contributed by atoms with van der Waals surface area (Å²) >= 11 is 0. The highest BCUT2D eigenvalue weighted by Gasteiger charge is 2.31. The second-order valence-electron chi connectivity index (χ2n) is 3.91. The molecule has 0 saturated carbocycles. The number of hydrogen-bond donors (Lipinski definition) is 1. The first-order valence-corrected chi connectivity index (χ1v) is 4.38. The van der Waals surface area contributed by atoms with Crippen LogP contribution in [0.5, 0.6) is 0 Å². The van der Waals surface area contributed by atoms with Gasteiger partial charge in [0.25, 0.3) is 0 Å². The summed E-state index contributed by atoms with van der Waals surface area (Å²) in [5.41, 5.74) is 0. The molecule has 0 aromatic heterocycles. The van der Waals surface area contributed by atoms with Crippen LogP contribution in [0.15, 0.2) is 0 Å². The third-order valence-corrected chi connectivity index (χ3v) is 2.57. The van der Waals surface area contributed by atoms with Gasteiger partial charge >= 0.3 is 0 Å². The fourth-order valence-corrected chi connectivity index (χ4v) is 1.60. The van der Waals surface area contributed by atoms with E-state index in [1.807, 2.05) is 6.92 Å². The van der Waals surface area contributed by atoms with Crippen molar-refractivity contribution >= 4 is 0 Å². The van der Waals surface area contributed by atoms with Gasteiger partial charge in [0.2, 0.25) is 0 Å². The summed E-state index contributed by atoms with van der Waals surface area (Å²) in [7, 11) is 0. The van der Waals surface area contributed by atoms with E-state index in [4.69, 9.17) is 4.74 Å². The first-order chi connectivity index (χ1) is 5.13. The maximum Gasteiger partial charge on any atom is 0.0640 e. The molecular weight excluding hydrogens is 140 g/mol. The average Bonchev–Trinajstić information content (AvgIpc) is 1.94. The lowest BCUT2D eigenvalue weighted by molar-refractivity contribution is -0.0877. The molecule has 0 spiro atoms. The summed E-state index contributed by atoms with van der Waals surface area (Å²) in [6.45, 7) is 7.75. The summed E-state index contributed by atoms with van der Waals surface area (Å²) in [6, 6.07) is 0. The minimum atomic E-state index is -0.163. The second kappa shape index (κ2) is 3.55. The predicted octanol–water partition coefficient (Wildman–Crippen LogP) is 1.29. The molecule has 1 N–H and O–H groups in total. The van der Waals surface area contributed by atoms with Crippen LogP contribution in [-0.2, 0) is 4.74 Å². The smallest absolute Gasteiger partial charge is 0.0640 e. The molecule has 3 atom stereocenters. The molecule has 66 valence electrons. The number of rotatable bonds is 1. The highest BCUT2D eigenvalue weighted by Crippen LogP contribution is 2.25. The van der Waals surface area contributed by atoms with Crippen LogP contribution in [0.2, 0.25) is 0 Å². The molecule has 11 heavy (non-hydrogen) atoms. The molecule has 1 fully saturated rings. The van der Waals surface area contributed by atoms with Gasteiger partial charge in [-0.15, -0.1) is 0 Å². The molecule has 1 aliphatic heterocycles. The Morgan fingerprint density at radius 3 is 2.45 bits per heavy atom. The van der Waals surface area contributed by atoms with Gasteiger partial charge in [0.1, 0.15) is 0 Å². The fraction of sp³-hybridized carbons (Fsp3) is 1.00. The van der Waals surface area contributed by atoms with Crippen molar-refractivity contribution in [3.8, 4) is 0 Å². The van der Waals surface area contributed by atoms with Crippen molar-refractivity contribution < 1.29 is 9.84 Å². The lowest BCUT2D eigenvalue weighted by atomic mass is 9.83. The van der Waals surface area contributed by atoms with Crippen LogP contribution in [0.25, 0.3) is 0 Å². The lowest BCUT2D eigenvalue weighted by Crippen LogP contribution is -2.41. The van der Waals surface area contributed by atoms with Crippen LogP contribution < -0.4 is 0 Å². The first kappa shape index (κ1) is 9.01. The Kier molecular flexibility index (Phi) is 2.90. The Morgan fingerprint density at radius 1 is 1.36 bits per heavy atom. The average molecular weight is 158 g/mol. The molecule has 0 bridgehead atoms. The third-order valence-electron chi connectivity index (χ3n) is 2.57. The van der Waals surface area contributed by atoms with E-state index in [2.05, 4.69) is 13.8 Å². The molecule has 0 radical (unpaired) electrons. The Balaban J connectivity index is 2.51. The number of aliphatic hydroxyl groups is 1. The van der Waals surface area contributed by atoms with Crippen molar-refractivity contribution in [2.75, 3.05) is 13.2 Å². The van der Waals surface area contributed by atoms with E-state index in [1.165, 1.54) is 0 Å². The van der Waals surface area contributed by atoms with E-state index in [-0.39, 0.29) is 6.10 Å². The third kappa shape index (κ3) is 1.94. The highest BCUT2D eigenvalue weighted by molar-refractivity contribution is 4.79. The van der Waals surface area contributed by atoms with Gasteiger partial charge in [-0.25, -0.2) is 0 Å². The van der Waals surface area contributed by atoms with Gasteiger partial charge < -0.3 is 9.84 Å². The molecule has 0 amide bonds. The van der Waals surface area contributed by atoms with Crippen LogP contribution in [-0.4, -0.2) is 24.4 Å². The maximum absolute atomic E-state index is 9.73. The number of hydrogen-bond acceptors (Lipinski definition) is 2. The molecular formula is C9H18O2. The quantitative estimate of drug-likeness (QED) is 0.623. The van der Waals surface area contributed by atoms with E-state index in [9.17, 15) is 5.11 Å².